The zero-order valence-corrected chi connectivity index (χ0v) is 17.6. The summed E-state index contributed by atoms with van der Waals surface area (Å²) in [6.07, 6.45) is 3.65. The van der Waals surface area contributed by atoms with Gasteiger partial charge in [-0.3, -0.25) is 0 Å². The van der Waals surface area contributed by atoms with Gasteiger partial charge in [-0.05, 0) is 60.1 Å². The Kier molecular flexibility index (Phi) is 4.37. The SMILES string of the molecule is CC1CCc2c(sc3nc(-c4ccc(Br)cc4)cc(-c4ccccc4)c23)C1. The van der Waals surface area contributed by atoms with Crippen LogP contribution in [0.15, 0.2) is 65.1 Å². The van der Waals surface area contributed by atoms with Crippen molar-refractivity contribution in [3.63, 3.8) is 0 Å². The molecule has 134 valence electrons. The van der Waals surface area contributed by atoms with Crippen molar-refractivity contribution in [3.05, 3.63) is 75.6 Å². The molecule has 0 spiro atoms. The first-order chi connectivity index (χ1) is 13.2. The number of pyridine rings is 1. The number of fused-ring (bicyclic) bond motifs is 3. The van der Waals surface area contributed by atoms with E-state index < -0.39 is 0 Å². The van der Waals surface area contributed by atoms with Crippen LogP contribution in [-0.2, 0) is 12.8 Å². The average Bonchev–Trinajstić information content (AvgIpc) is 3.05. The summed E-state index contributed by atoms with van der Waals surface area (Å²) in [4.78, 5) is 7.83. The topological polar surface area (TPSA) is 12.9 Å². The zero-order chi connectivity index (χ0) is 18.4. The Bertz CT molecular complexity index is 1110. The van der Waals surface area contributed by atoms with E-state index in [1.54, 1.807) is 10.4 Å². The van der Waals surface area contributed by atoms with Gasteiger partial charge in [0.25, 0.3) is 0 Å². The van der Waals surface area contributed by atoms with Crippen molar-refractivity contribution >= 4 is 37.5 Å². The highest BCUT2D eigenvalue weighted by molar-refractivity contribution is 9.10. The number of aryl methyl sites for hydroxylation is 1. The molecule has 0 bridgehead atoms. The second kappa shape index (κ2) is 6.88. The molecule has 0 N–H and O–H groups in total. The molecule has 1 aliphatic carbocycles. The lowest BCUT2D eigenvalue weighted by Crippen LogP contribution is -2.08. The van der Waals surface area contributed by atoms with Crippen LogP contribution in [0.4, 0.5) is 0 Å². The van der Waals surface area contributed by atoms with E-state index in [1.807, 2.05) is 11.3 Å². The summed E-state index contributed by atoms with van der Waals surface area (Å²) in [5.41, 5.74) is 6.37. The molecule has 1 nitrogen and oxygen atoms in total. The Balaban J connectivity index is 1.79. The van der Waals surface area contributed by atoms with Gasteiger partial charge in [0.2, 0.25) is 0 Å². The number of rotatable bonds is 2. The second-order valence-electron chi connectivity index (χ2n) is 7.46. The van der Waals surface area contributed by atoms with Crippen LogP contribution < -0.4 is 0 Å². The van der Waals surface area contributed by atoms with Crippen LogP contribution in [0.25, 0.3) is 32.6 Å². The van der Waals surface area contributed by atoms with Crippen molar-refractivity contribution in [1.82, 2.24) is 4.98 Å². The van der Waals surface area contributed by atoms with Crippen molar-refractivity contribution in [2.24, 2.45) is 5.92 Å². The summed E-state index contributed by atoms with van der Waals surface area (Å²) in [6.45, 7) is 2.37. The Hall–Kier alpha value is -1.97. The van der Waals surface area contributed by atoms with E-state index in [4.69, 9.17) is 4.98 Å². The summed E-state index contributed by atoms with van der Waals surface area (Å²) in [5, 5.41) is 1.38. The minimum absolute atomic E-state index is 0.775. The van der Waals surface area contributed by atoms with Crippen LogP contribution in [0.5, 0.6) is 0 Å². The minimum Gasteiger partial charge on any atom is -0.237 e. The van der Waals surface area contributed by atoms with E-state index in [9.17, 15) is 0 Å². The summed E-state index contributed by atoms with van der Waals surface area (Å²) < 4.78 is 1.09. The Morgan fingerprint density at radius 3 is 2.56 bits per heavy atom. The fourth-order valence-electron chi connectivity index (χ4n) is 4.06. The van der Waals surface area contributed by atoms with Crippen molar-refractivity contribution < 1.29 is 0 Å². The van der Waals surface area contributed by atoms with Gasteiger partial charge in [-0.2, -0.15) is 0 Å². The van der Waals surface area contributed by atoms with Gasteiger partial charge < -0.3 is 0 Å². The normalized spacial score (nSPS) is 16.4. The van der Waals surface area contributed by atoms with E-state index >= 15 is 0 Å². The quantitative estimate of drug-likeness (QED) is 0.318. The molecule has 0 saturated heterocycles. The molecule has 2 aromatic carbocycles. The lowest BCUT2D eigenvalue weighted by molar-refractivity contribution is 0.509. The Labute approximate surface area is 172 Å². The fraction of sp³-hybridized carbons (Fsp3) is 0.208. The molecule has 2 heterocycles. The maximum atomic E-state index is 5.09. The third-order valence-corrected chi connectivity index (χ3v) is 7.17. The number of nitrogens with zero attached hydrogens (tertiary/aromatic N) is 1. The average molecular weight is 434 g/mol. The first-order valence-electron chi connectivity index (χ1n) is 9.45. The Morgan fingerprint density at radius 1 is 1.00 bits per heavy atom. The van der Waals surface area contributed by atoms with Crippen LogP contribution in [0.1, 0.15) is 23.8 Å². The molecule has 4 aromatic rings. The maximum Gasteiger partial charge on any atom is 0.125 e. The molecule has 1 atom stereocenters. The molecule has 27 heavy (non-hydrogen) atoms. The van der Waals surface area contributed by atoms with Gasteiger partial charge in [0.1, 0.15) is 4.83 Å². The molecule has 1 aliphatic rings. The first kappa shape index (κ1) is 17.2. The lowest BCUT2D eigenvalue weighted by atomic mass is 9.87. The number of halogens is 1. The largest absolute Gasteiger partial charge is 0.237 e. The number of benzene rings is 2. The first-order valence-corrected chi connectivity index (χ1v) is 11.1. The van der Waals surface area contributed by atoms with Crippen molar-refractivity contribution in [1.29, 1.82) is 0 Å². The molecule has 2 aromatic heterocycles. The summed E-state index contributed by atoms with van der Waals surface area (Å²) in [7, 11) is 0. The highest BCUT2D eigenvalue weighted by Gasteiger charge is 2.23. The third kappa shape index (κ3) is 3.13. The van der Waals surface area contributed by atoms with Gasteiger partial charge in [-0.25, -0.2) is 4.98 Å². The molecule has 0 fully saturated rings. The predicted octanol–water partition coefficient (Wildman–Crippen LogP) is 7.52. The van der Waals surface area contributed by atoms with E-state index in [-0.39, 0.29) is 0 Å². The van der Waals surface area contributed by atoms with Gasteiger partial charge in [-0.1, -0.05) is 65.3 Å². The number of aromatic nitrogens is 1. The van der Waals surface area contributed by atoms with E-state index in [2.05, 4.69) is 83.5 Å². The Morgan fingerprint density at radius 2 is 1.78 bits per heavy atom. The summed E-state index contributed by atoms with van der Waals surface area (Å²) >= 11 is 5.44. The van der Waals surface area contributed by atoms with Gasteiger partial charge >= 0.3 is 0 Å². The molecule has 1 unspecified atom stereocenters. The van der Waals surface area contributed by atoms with Crippen molar-refractivity contribution in [2.75, 3.05) is 0 Å². The lowest BCUT2D eigenvalue weighted by Gasteiger charge is -2.18. The molecular formula is C24H20BrNS. The summed E-state index contributed by atoms with van der Waals surface area (Å²) in [6, 6.07) is 21.5. The smallest absolute Gasteiger partial charge is 0.125 e. The molecule has 0 aliphatic heterocycles. The maximum absolute atomic E-state index is 5.09. The standard InChI is InChI=1S/C24H20BrNS/c1-15-7-12-19-22(13-15)27-24-23(19)20(16-5-3-2-4-6-16)14-21(26-24)17-8-10-18(25)11-9-17/h2-6,8-11,14-15H,7,12-13H2,1H3. The highest BCUT2D eigenvalue weighted by atomic mass is 79.9. The minimum atomic E-state index is 0.775. The van der Waals surface area contributed by atoms with Crippen LogP contribution in [-0.4, -0.2) is 4.98 Å². The van der Waals surface area contributed by atoms with Gasteiger partial charge in [0, 0.05) is 20.3 Å². The van der Waals surface area contributed by atoms with Gasteiger partial charge in [0.05, 0.1) is 5.69 Å². The monoisotopic (exact) mass is 433 g/mol. The van der Waals surface area contributed by atoms with Crippen LogP contribution in [0.2, 0.25) is 0 Å². The van der Waals surface area contributed by atoms with Crippen LogP contribution >= 0.6 is 27.3 Å². The van der Waals surface area contributed by atoms with E-state index in [1.165, 1.54) is 40.6 Å². The van der Waals surface area contributed by atoms with Crippen LogP contribution in [0.3, 0.4) is 0 Å². The van der Waals surface area contributed by atoms with Crippen molar-refractivity contribution in [2.45, 2.75) is 26.2 Å². The second-order valence-corrected chi connectivity index (χ2v) is 9.46. The molecule has 0 saturated carbocycles. The third-order valence-electron chi connectivity index (χ3n) is 5.49. The zero-order valence-electron chi connectivity index (χ0n) is 15.2. The predicted molar refractivity (Wildman–Crippen MR) is 119 cm³/mol. The number of thiophene rings is 1. The molecular weight excluding hydrogens is 414 g/mol. The van der Waals surface area contributed by atoms with Gasteiger partial charge in [0.15, 0.2) is 0 Å². The molecule has 0 radical (unpaired) electrons. The van der Waals surface area contributed by atoms with Crippen LogP contribution in [0, 0.1) is 5.92 Å². The van der Waals surface area contributed by atoms with E-state index in [0.717, 1.165) is 21.6 Å². The number of hydrogen-bond donors (Lipinski definition) is 0. The molecule has 5 rings (SSSR count). The van der Waals surface area contributed by atoms with Gasteiger partial charge in [-0.15, -0.1) is 11.3 Å². The number of hydrogen-bond acceptors (Lipinski definition) is 2. The fourth-order valence-corrected chi connectivity index (χ4v) is 5.73. The molecule has 3 heteroatoms. The highest BCUT2D eigenvalue weighted by Crippen LogP contribution is 2.43. The molecule has 0 amide bonds. The van der Waals surface area contributed by atoms with E-state index in [0.29, 0.717) is 0 Å². The summed E-state index contributed by atoms with van der Waals surface area (Å²) in [5.74, 6) is 0.775. The van der Waals surface area contributed by atoms with Crippen molar-refractivity contribution in [3.8, 4) is 22.4 Å².